The predicted octanol–water partition coefficient (Wildman–Crippen LogP) is 3.75. The van der Waals surface area contributed by atoms with Gasteiger partial charge in [0.1, 0.15) is 22.7 Å². The van der Waals surface area contributed by atoms with Gasteiger partial charge in [-0.05, 0) is 43.4 Å². The Labute approximate surface area is 175 Å². The van der Waals surface area contributed by atoms with Crippen molar-refractivity contribution in [2.24, 2.45) is 0 Å². The number of rotatable bonds is 5. The first-order valence-electron chi connectivity index (χ1n) is 9.44. The minimum absolute atomic E-state index is 0.0313. The van der Waals surface area contributed by atoms with Gasteiger partial charge in [-0.25, -0.2) is 4.98 Å². The molecule has 0 bridgehead atoms. The van der Waals surface area contributed by atoms with Crippen molar-refractivity contribution in [2.75, 3.05) is 7.11 Å². The lowest BCUT2D eigenvalue weighted by Gasteiger charge is -2.10. The molecule has 1 N–H and O–H groups in total. The van der Waals surface area contributed by atoms with Crippen molar-refractivity contribution < 1.29 is 4.74 Å². The van der Waals surface area contributed by atoms with E-state index in [1.54, 1.807) is 24.8 Å². The molecule has 29 heavy (non-hydrogen) atoms. The summed E-state index contributed by atoms with van der Waals surface area (Å²) in [5, 5.41) is 9.77. The molecule has 3 heterocycles. The monoisotopic (exact) mass is 425 g/mol. The van der Waals surface area contributed by atoms with E-state index < -0.39 is 0 Å². The fourth-order valence-corrected chi connectivity index (χ4v) is 5.80. The second-order valence-electron chi connectivity index (χ2n) is 6.85. The first-order valence-corrected chi connectivity index (χ1v) is 11.2. The molecule has 9 heteroatoms. The van der Waals surface area contributed by atoms with Gasteiger partial charge in [-0.2, -0.15) is 0 Å². The second kappa shape index (κ2) is 7.64. The van der Waals surface area contributed by atoms with E-state index in [0.29, 0.717) is 16.7 Å². The molecule has 1 aromatic carbocycles. The third-order valence-electron chi connectivity index (χ3n) is 5.07. The lowest BCUT2D eigenvalue weighted by molar-refractivity contribution is 0.412. The summed E-state index contributed by atoms with van der Waals surface area (Å²) in [6.45, 7) is 0. The summed E-state index contributed by atoms with van der Waals surface area (Å²) in [5.74, 6) is 1.90. The summed E-state index contributed by atoms with van der Waals surface area (Å²) in [4.78, 5) is 22.6. The standard InChI is InChI=1S/C20H19N5O2S2/c1-27-14-8-4-3-7-13(14)25-11-21-24-20(25)28-10-16-22-18(26)17-12-6-2-5-9-15(12)29-19(17)23-16/h3-4,7-8,11H,2,5-6,9-10H2,1H3,(H,22,23,26). The molecular formula is C20H19N5O2S2. The quantitative estimate of drug-likeness (QED) is 0.490. The Morgan fingerprint density at radius 3 is 3.03 bits per heavy atom. The van der Waals surface area contributed by atoms with Gasteiger partial charge in [0.05, 0.1) is 23.9 Å². The van der Waals surface area contributed by atoms with E-state index in [1.165, 1.54) is 28.6 Å². The molecule has 3 aromatic heterocycles. The number of methoxy groups -OCH3 is 1. The van der Waals surface area contributed by atoms with Crippen LogP contribution >= 0.6 is 23.1 Å². The highest BCUT2D eigenvalue weighted by Crippen LogP contribution is 2.34. The molecule has 5 rings (SSSR count). The summed E-state index contributed by atoms with van der Waals surface area (Å²) >= 11 is 3.15. The molecule has 7 nitrogen and oxygen atoms in total. The van der Waals surface area contributed by atoms with Crippen molar-refractivity contribution in [3.63, 3.8) is 0 Å². The van der Waals surface area contributed by atoms with E-state index in [2.05, 4.69) is 15.2 Å². The molecule has 148 valence electrons. The van der Waals surface area contributed by atoms with Crippen LogP contribution in [0, 0.1) is 0 Å². The number of hydrogen-bond donors (Lipinski definition) is 1. The van der Waals surface area contributed by atoms with Crippen molar-refractivity contribution in [1.82, 2.24) is 24.7 Å². The van der Waals surface area contributed by atoms with Crippen LogP contribution in [0.4, 0.5) is 0 Å². The summed E-state index contributed by atoms with van der Waals surface area (Å²) in [6, 6.07) is 7.71. The van der Waals surface area contributed by atoms with Gasteiger partial charge in [-0.1, -0.05) is 23.9 Å². The van der Waals surface area contributed by atoms with Crippen LogP contribution in [0.3, 0.4) is 0 Å². The number of thioether (sulfide) groups is 1. The lowest BCUT2D eigenvalue weighted by Crippen LogP contribution is -2.12. The van der Waals surface area contributed by atoms with E-state index in [0.717, 1.165) is 40.9 Å². The first-order chi connectivity index (χ1) is 14.2. The number of hydrogen-bond acceptors (Lipinski definition) is 7. The van der Waals surface area contributed by atoms with Crippen molar-refractivity contribution in [1.29, 1.82) is 0 Å². The van der Waals surface area contributed by atoms with Crippen LogP contribution in [-0.2, 0) is 18.6 Å². The number of benzene rings is 1. The van der Waals surface area contributed by atoms with Crippen molar-refractivity contribution >= 4 is 33.3 Å². The molecule has 1 aliphatic carbocycles. The van der Waals surface area contributed by atoms with Crippen LogP contribution in [0.2, 0.25) is 0 Å². The molecule has 0 amide bonds. The number of nitrogens with zero attached hydrogens (tertiary/aromatic N) is 4. The third-order valence-corrected chi connectivity index (χ3v) is 7.21. The minimum Gasteiger partial charge on any atom is -0.495 e. The van der Waals surface area contributed by atoms with Crippen LogP contribution in [0.1, 0.15) is 29.1 Å². The fraction of sp³-hybridized carbons (Fsp3) is 0.300. The molecule has 4 aromatic rings. The molecule has 0 atom stereocenters. The Morgan fingerprint density at radius 2 is 2.14 bits per heavy atom. The SMILES string of the molecule is COc1ccccc1-n1cnnc1SCc1nc2sc3c(c2c(=O)[nH]1)CCCC3. The number of aromatic nitrogens is 5. The van der Waals surface area contributed by atoms with Gasteiger partial charge in [0.25, 0.3) is 5.56 Å². The van der Waals surface area contributed by atoms with Gasteiger partial charge in [-0.15, -0.1) is 21.5 Å². The van der Waals surface area contributed by atoms with Crippen LogP contribution in [-0.4, -0.2) is 31.8 Å². The minimum atomic E-state index is -0.0313. The molecule has 0 aliphatic heterocycles. The average Bonchev–Trinajstić information content (AvgIpc) is 3.36. The van der Waals surface area contributed by atoms with Crippen molar-refractivity contribution in [3.8, 4) is 11.4 Å². The molecular weight excluding hydrogens is 406 g/mol. The average molecular weight is 426 g/mol. The number of nitrogens with one attached hydrogen (secondary N) is 1. The molecule has 0 saturated heterocycles. The first kappa shape index (κ1) is 18.4. The lowest BCUT2D eigenvalue weighted by atomic mass is 9.97. The fourth-order valence-electron chi connectivity index (χ4n) is 3.73. The zero-order chi connectivity index (χ0) is 19.8. The van der Waals surface area contributed by atoms with Crippen LogP contribution in [0.15, 0.2) is 40.5 Å². The number of thiophene rings is 1. The molecule has 0 unspecified atom stereocenters. The van der Waals surface area contributed by atoms with Crippen molar-refractivity contribution in [2.45, 2.75) is 36.6 Å². The van der Waals surface area contributed by atoms with E-state index in [9.17, 15) is 4.79 Å². The Balaban J connectivity index is 1.44. The Morgan fingerprint density at radius 1 is 1.28 bits per heavy atom. The van der Waals surface area contributed by atoms with Crippen LogP contribution < -0.4 is 10.3 Å². The Bertz CT molecular complexity index is 1240. The van der Waals surface area contributed by atoms with Gasteiger partial charge in [-0.3, -0.25) is 9.36 Å². The van der Waals surface area contributed by atoms with Gasteiger partial charge in [0, 0.05) is 4.88 Å². The van der Waals surface area contributed by atoms with E-state index in [-0.39, 0.29) is 5.56 Å². The third kappa shape index (κ3) is 3.34. The van der Waals surface area contributed by atoms with E-state index >= 15 is 0 Å². The van der Waals surface area contributed by atoms with Gasteiger partial charge in [0.15, 0.2) is 5.16 Å². The number of fused-ring (bicyclic) bond motifs is 3. The number of aromatic amines is 1. The normalized spacial score (nSPS) is 13.6. The van der Waals surface area contributed by atoms with E-state index in [4.69, 9.17) is 9.72 Å². The number of para-hydroxylation sites is 2. The highest BCUT2D eigenvalue weighted by atomic mass is 32.2. The maximum Gasteiger partial charge on any atom is 0.259 e. The summed E-state index contributed by atoms with van der Waals surface area (Å²) in [5.41, 5.74) is 2.04. The smallest absolute Gasteiger partial charge is 0.259 e. The molecule has 0 fully saturated rings. The van der Waals surface area contributed by atoms with E-state index in [1.807, 2.05) is 28.8 Å². The maximum absolute atomic E-state index is 12.7. The molecule has 0 spiro atoms. The number of aryl methyl sites for hydroxylation is 2. The maximum atomic E-state index is 12.7. The summed E-state index contributed by atoms with van der Waals surface area (Å²) in [6.07, 6.45) is 6.04. The zero-order valence-corrected chi connectivity index (χ0v) is 17.5. The molecule has 0 saturated carbocycles. The van der Waals surface area contributed by atoms with Gasteiger partial charge < -0.3 is 9.72 Å². The molecule has 0 radical (unpaired) electrons. The topological polar surface area (TPSA) is 85.7 Å². The summed E-state index contributed by atoms with van der Waals surface area (Å²) in [7, 11) is 1.64. The number of H-pyrrole nitrogens is 1. The Hall–Kier alpha value is -2.65. The second-order valence-corrected chi connectivity index (χ2v) is 8.87. The zero-order valence-electron chi connectivity index (χ0n) is 15.8. The highest BCUT2D eigenvalue weighted by Gasteiger charge is 2.20. The number of ether oxygens (including phenoxy) is 1. The highest BCUT2D eigenvalue weighted by molar-refractivity contribution is 7.98. The Kier molecular flexibility index (Phi) is 4.84. The predicted molar refractivity (Wildman–Crippen MR) is 114 cm³/mol. The van der Waals surface area contributed by atoms with Crippen LogP contribution in [0.25, 0.3) is 15.9 Å². The van der Waals surface area contributed by atoms with Crippen LogP contribution in [0.5, 0.6) is 5.75 Å². The largest absolute Gasteiger partial charge is 0.495 e. The molecule has 1 aliphatic rings. The summed E-state index contributed by atoms with van der Waals surface area (Å²) < 4.78 is 7.33. The van der Waals surface area contributed by atoms with Gasteiger partial charge >= 0.3 is 0 Å². The van der Waals surface area contributed by atoms with Gasteiger partial charge in [0.2, 0.25) is 0 Å². The van der Waals surface area contributed by atoms with Crippen molar-refractivity contribution in [3.05, 3.63) is 57.2 Å².